The molecule has 0 aliphatic carbocycles. The van der Waals surface area contributed by atoms with Gasteiger partial charge in [-0.25, -0.2) is 0 Å². The molecule has 1 heterocycles. The Hall–Kier alpha value is 0.620. The summed E-state index contributed by atoms with van der Waals surface area (Å²) in [6.07, 6.45) is 1.29. The molecular weight excluding hydrogens is 226 g/mol. The molecule has 1 fully saturated rings. The fourth-order valence-corrected chi connectivity index (χ4v) is 3.36. The molecule has 0 saturated carbocycles. The predicted molar refractivity (Wildman–Crippen MR) is 73.8 cm³/mol. The van der Waals surface area contributed by atoms with Gasteiger partial charge in [0.1, 0.15) is 0 Å². The lowest BCUT2D eigenvalue weighted by atomic mass is 10.4. The molecule has 0 aromatic rings. The van der Waals surface area contributed by atoms with E-state index in [2.05, 4.69) is 11.8 Å². The summed E-state index contributed by atoms with van der Waals surface area (Å²) in [5, 5.41) is 0. The summed E-state index contributed by atoms with van der Waals surface area (Å²) in [6, 6.07) is 0. The summed E-state index contributed by atoms with van der Waals surface area (Å²) >= 11 is 0. The molecule has 0 aromatic carbocycles. The Bertz CT molecular complexity index is 119. The van der Waals surface area contributed by atoms with Gasteiger partial charge in [0.05, 0.1) is 13.2 Å². The van der Waals surface area contributed by atoms with Crippen molar-refractivity contribution in [3.05, 3.63) is 0 Å². The molecule has 0 spiro atoms. The highest BCUT2D eigenvalue weighted by Gasteiger charge is 2.08. The van der Waals surface area contributed by atoms with Gasteiger partial charge in [-0.2, -0.15) is 0 Å². The van der Waals surface area contributed by atoms with E-state index in [1.165, 1.54) is 24.5 Å². The Kier molecular flexibility index (Phi) is 13.2. The van der Waals surface area contributed by atoms with Gasteiger partial charge in [0.25, 0.3) is 0 Å². The summed E-state index contributed by atoms with van der Waals surface area (Å²) in [4.78, 5) is 2.49. The first-order valence-electron chi connectivity index (χ1n) is 5.98. The zero-order valence-corrected chi connectivity index (χ0v) is 12.0. The second kappa shape index (κ2) is 12.7. The third-order valence-electron chi connectivity index (χ3n) is 1.97. The molecule has 1 aliphatic heterocycles. The molecule has 1 rings (SSSR count). The Morgan fingerprint density at radius 1 is 1.07 bits per heavy atom. The van der Waals surface area contributed by atoms with Crippen molar-refractivity contribution in [3.8, 4) is 0 Å². The van der Waals surface area contributed by atoms with Crippen molar-refractivity contribution in [2.45, 2.75) is 27.2 Å². The van der Waals surface area contributed by atoms with Crippen LogP contribution in [0, 0.1) is 0 Å². The Morgan fingerprint density at radius 2 is 1.67 bits per heavy atom. The molecule has 1 saturated heterocycles. The van der Waals surface area contributed by atoms with Crippen LogP contribution in [0.3, 0.4) is 0 Å². The fraction of sp³-hybridized carbons (Fsp3) is 1.00. The van der Waals surface area contributed by atoms with Gasteiger partial charge < -0.3 is 4.74 Å². The lowest BCUT2D eigenvalue weighted by molar-refractivity contribution is 0.0410. The monoisotopic (exact) mass is 251 g/mol. The van der Waals surface area contributed by atoms with Gasteiger partial charge in [-0.3, -0.25) is 4.90 Å². The Labute approximate surface area is 103 Å². The lowest BCUT2D eigenvalue weighted by Gasteiger charge is -2.26. The summed E-state index contributed by atoms with van der Waals surface area (Å²) in [5.74, 6) is 2.54. The summed E-state index contributed by atoms with van der Waals surface area (Å²) in [5.41, 5.74) is 0. The zero-order valence-electron chi connectivity index (χ0n) is 10.3. The predicted octanol–water partition coefficient (Wildman–Crippen LogP) is 3.14. The molecule has 1 aliphatic rings. The number of hydrogen-bond acceptors (Lipinski definition) is 4. The second-order valence-corrected chi connectivity index (χ2v) is 5.80. The van der Waals surface area contributed by atoms with E-state index in [0.717, 1.165) is 26.3 Å². The molecule has 15 heavy (non-hydrogen) atoms. The third-order valence-corrected chi connectivity index (χ3v) is 4.56. The van der Waals surface area contributed by atoms with Crippen molar-refractivity contribution in [1.82, 2.24) is 4.90 Å². The van der Waals surface area contributed by atoms with Crippen LogP contribution < -0.4 is 0 Å². The van der Waals surface area contributed by atoms with E-state index in [4.69, 9.17) is 4.74 Å². The normalized spacial score (nSPS) is 17.0. The first-order chi connectivity index (χ1) is 7.43. The van der Waals surface area contributed by atoms with Crippen LogP contribution >= 0.6 is 21.6 Å². The molecule has 0 unspecified atom stereocenters. The smallest absolute Gasteiger partial charge is 0.0594 e. The maximum atomic E-state index is 5.29. The molecule has 0 radical (unpaired) electrons. The van der Waals surface area contributed by atoms with E-state index in [9.17, 15) is 0 Å². The molecule has 0 N–H and O–H groups in total. The van der Waals surface area contributed by atoms with E-state index in [1.54, 1.807) is 0 Å². The van der Waals surface area contributed by atoms with E-state index >= 15 is 0 Å². The standard InChI is InChI=1S/C9H19NOS2.C2H6/c1-2-8-12-13-9-5-10-3-6-11-7-4-10;1-2/h2-9H2,1H3;1-2H3. The number of morpholine rings is 1. The van der Waals surface area contributed by atoms with Crippen molar-refractivity contribution in [2.24, 2.45) is 0 Å². The highest BCUT2D eigenvalue weighted by atomic mass is 33.1. The van der Waals surface area contributed by atoms with Crippen molar-refractivity contribution >= 4 is 21.6 Å². The molecule has 0 aromatic heterocycles. The SMILES string of the molecule is CC.CCCSSCCN1CCOCC1. The van der Waals surface area contributed by atoms with Crippen molar-refractivity contribution in [2.75, 3.05) is 44.4 Å². The van der Waals surface area contributed by atoms with Gasteiger partial charge >= 0.3 is 0 Å². The van der Waals surface area contributed by atoms with Crippen LogP contribution in [0.25, 0.3) is 0 Å². The minimum atomic E-state index is 0.923. The average Bonchev–Trinajstić information content (AvgIpc) is 2.33. The second-order valence-electron chi connectivity index (χ2n) is 3.10. The summed E-state index contributed by atoms with van der Waals surface area (Å²) in [6.45, 7) is 11.6. The van der Waals surface area contributed by atoms with Gasteiger partial charge in [0.2, 0.25) is 0 Å². The minimum Gasteiger partial charge on any atom is -0.379 e. The number of nitrogens with zero attached hydrogens (tertiary/aromatic N) is 1. The maximum absolute atomic E-state index is 5.29. The van der Waals surface area contributed by atoms with Crippen LogP contribution in [0.1, 0.15) is 27.2 Å². The number of rotatable bonds is 6. The van der Waals surface area contributed by atoms with Gasteiger partial charge in [-0.15, -0.1) is 0 Å². The van der Waals surface area contributed by atoms with E-state index in [-0.39, 0.29) is 0 Å². The molecule has 0 amide bonds. The zero-order chi connectivity index (χ0) is 11.4. The molecule has 0 bridgehead atoms. The molecule has 92 valence electrons. The molecule has 0 atom stereocenters. The van der Waals surface area contributed by atoms with Crippen molar-refractivity contribution < 1.29 is 4.74 Å². The van der Waals surface area contributed by atoms with Gasteiger partial charge in [-0.1, -0.05) is 42.4 Å². The maximum Gasteiger partial charge on any atom is 0.0594 e. The van der Waals surface area contributed by atoms with E-state index in [1.807, 2.05) is 35.4 Å². The van der Waals surface area contributed by atoms with Crippen LogP contribution in [0.4, 0.5) is 0 Å². The Balaban J connectivity index is 0.000000921. The van der Waals surface area contributed by atoms with Gasteiger partial charge in [0, 0.05) is 31.1 Å². The largest absolute Gasteiger partial charge is 0.379 e. The lowest BCUT2D eigenvalue weighted by Crippen LogP contribution is -2.37. The van der Waals surface area contributed by atoms with Crippen LogP contribution in [0.2, 0.25) is 0 Å². The van der Waals surface area contributed by atoms with Crippen molar-refractivity contribution in [1.29, 1.82) is 0 Å². The van der Waals surface area contributed by atoms with E-state index < -0.39 is 0 Å². The number of ether oxygens (including phenoxy) is 1. The molecular formula is C11H25NOS2. The number of hydrogen-bond donors (Lipinski definition) is 0. The van der Waals surface area contributed by atoms with Crippen molar-refractivity contribution in [3.63, 3.8) is 0 Å². The summed E-state index contributed by atoms with van der Waals surface area (Å²) in [7, 11) is 4.01. The highest BCUT2D eigenvalue weighted by Crippen LogP contribution is 2.21. The van der Waals surface area contributed by atoms with Crippen LogP contribution in [-0.4, -0.2) is 49.3 Å². The van der Waals surface area contributed by atoms with Gasteiger partial charge in [-0.05, 0) is 6.42 Å². The molecule has 2 nitrogen and oxygen atoms in total. The first kappa shape index (κ1) is 15.6. The van der Waals surface area contributed by atoms with Gasteiger partial charge in [0.15, 0.2) is 0 Å². The fourth-order valence-electron chi connectivity index (χ4n) is 1.19. The minimum absolute atomic E-state index is 0.923. The third kappa shape index (κ3) is 9.54. The Morgan fingerprint density at radius 3 is 2.27 bits per heavy atom. The summed E-state index contributed by atoms with van der Waals surface area (Å²) < 4.78 is 5.29. The quantitative estimate of drug-likeness (QED) is 0.531. The topological polar surface area (TPSA) is 12.5 Å². The van der Waals surface area contributed by atoms with Crippen LogP contribution in [0.5, 0.6) is 0 Å². The van der Waals surface area contributed by atoms with E-state index in [0.29, 0.717) is 0 Å². The highest BCUT2D eigenvalue weighted by molar-refractivity contribution is 8.76. The van der Waals surface area contributed by atoms with Crippen LogP contribution in [0.15, 0.2) is 0 Å². The molecule has 4 heteroatoms. The average molecular weight is 251 g/mol. The first-order valence-corrected chi connectivity index (χ1v) is 8.47. The van der Waals surface area contributed by atoms with Crippen LogP contribution in [-0.2, 0) is 4.74 Å².